The molecule has 150 valence electrons. The quantitative estimate of drug-likeness (QED) is 0.506. The highest BCUT2D eigenvalue weighted by Gasteiger charge is 2.28. The lowest BCUT2D eigenvalue weighted by Gasteiger charge is -2.32. The Morgan fingerprint density at radius 2 is 1.67 bits per heavy atom. The molecule has 1 fully saturated rings. The molecule has 1 unspecified atom stereocenters. The van der Waals surface area contributed by atoms with Crippen LogP contribution in [0, 0.1) is 0 Å². The first-order valence-electron chi connectivity index (χ1n) is 10.2. The van der Waals surface area contributed by atoms with Gasteiger partial charge in [-0.05, 0) is 61.4 Å². The molecule has 1 amide bonds. The van der Waals surface area contributed by atoms with Crippen LogP contribution in [-0.4, -0.2) is 38.5 Å². The van der Waals surface area contributed by atoms with E-state index >= 15 is 0 Å². The van der Waals surface area contributed by atoms with Crippen molar-refractivity contribution in [3.63, 3.8) is 0 Å². The summed E-state index contributed by atoms with van der Waals surface area (Å²) >= 11 is 0. The van der Waals surface area contributed by atoms with Gasteiger partial charge >= 0.3 is 0 Å². The highest BCUT2D eigenvalue weighted by Crippen LogP contribution is 2.28. The highest BCUT2D eigenvalue weighted by atomic mass is 16.5. The van der Waals surface area contributed by atoms with E-state index in [1.165, 1.54) is 0 Å². The molecule has 0 N–H and O–H groups in total. The minimum atomic E-state index is 0.0415. The molecule has 6 nitrogen and oxygen atoms in total. The summed E-state index contributed by atoms with van der Waals surface area (Å²) in [5.41, 5.74) is 1.51. The standard InChI is InChI=1S/C24H22N4O2/c29-24(18-11-13-21(14-12-18)30-20-8-2-1-3-9-20)27-15-6-7-19(17-27)23-26-25-22-10-4-5-16-28(22)23/h1-5,8-14,16,19H,6-7,15,17H2. The number of piperidine rings is 1. The third kappa shape index (κ3) is 3.64. The van der Waals surface area contributed by atoms with E-state index < -0.39 is 0 Å². The lowest BCUT2D eigenvalue weighted by Crippen LogP contribution is -2.39. The summed E-state index contributed by atoms with van der Waals surface area (Å²) in [6.07, 6.45) is 3.94. The molecule has 1 aliphatic heterocycles. The van der Waals surface area contributed by atoms with Crippen LogP contribution in [0.25, 0.3) is 5.65 Å². The molecule has 0 radical (unpaired) electrons. The molecule has 0 saturated carbocycles. The molecule has 0 spiro atoms. The lowest BCUT2D eigenvalue weighted by molar-refractivity contribution is 0.0704. The van der Waals surface area contributed by atoms with E-state index in [2.05, 4.69) is 10.2 Å². The van der Waals surface area contributed by atoms with Gasteiger partial charge < -0.3 is 9.64 Å². The van der Waals surface area contributed by atoms with Crippen LogP contribution in [0.1, 0.15) is 34.9 Å². The Morgan fingerprint density at radius 1 is 0.900 bits per heavy atom. The second kappa shape index (κ2) is 7.99. The van der Waals surface area contributed by atoms with Crippen molar-refractivity contribution in [2.45, 2.75) is 18.8 Å². The number of fused-ring (bicyclic) bond motifs is 1. The number of carbonyl (C=O) groups is 1. The second-order valence-electron chi connectivity index (χ2n) is 7.52. The Kier molecular flexibility index (Phi) is 4.89. The van der Waals surface area contributed by atoms with Crippen LogP contribution >= 0.6 is 0 Å². The maximum atomic E-state index is 13.1. The van der Waals surface area contributed by atoms with E-state index in [9.17, 15) is 4.79 Å². The number of carbonyl (C=O) groups excluding carboxylic acids is 1. The van der Waals surface area contributed by atoms with Crippen molar-refractivity contribution in [1.82, 2.24) is 19.5 Å². The van der Waals surface area contributed by atoms with E-state index in [1.807, 2.05) is 88.3 Å². The van der Waals surface area contributed by atoms with Gasteiger partial charge in [-0.25, -0.2) is 0 Å². The van der Waals surface area contributed by atoms with Gasteiger partial charge in [0.2, 0.25) is 0 Å². The molecule has 5 rings (SSSR count). The zero-order valence-corrected chi connectivity index (χ0v) is 16.5. The predicted molar refractivity (Wildman–Crippen MR) is 114 cm³/mol. The van der Waals surface area contributed by atoms with Crippen molar-refractivity contribution in [3.8, 4) is 11.5 Å². The van der Waals surface area contributed by atoms with Gasteiger partial charge in [-0.15, -0.1) is 10.2 Å². The molecular formula is C24H22N4O2. The van der Waals surface area contributed by atoms with Crippen molar-refractivity contribution < 1.29 is 9.53 Å². The second-order valence-corrected chi connectivity index (χ2v) is 7.52. The number of rotatable bonds is 4. The first-order valence-corrected chi connectivity index (χ1v) is 10.2. The smallest absolute Gasteiger partial charge is 0.253 e. The summed E-state index contributed by atoms with van der Waals surface area (Å²) in [6.45, 7) is 1.41. The maximum Gasteiger partial charge on any atom is 0.253 e. The third-order valence-electron chi connectivity index (χ3n) is 5.49. The summed E-state index contributed by atoms with van der Waals surface area (Å²) < 4.78 is 7.84. The van der Waals surface area contributed by atoms with Crippen molar-refractivity contribution in [1.29, 1.82) is 0 Å². The van der Waals surface area contributed by atoms with Crippen LogP contribution in [0.2, 0.25) is 0 Å². The van der Waals surface area contributed by atoms with Crippen LogP contribution < -0.4 is 4.74 Å². The average molecular weight is 398 g/mol. The molecule has 1 aliphatic rings. The van der Waals surface area contributed by atoms with Crippen LogP contribution in [0.4, 0.5) is 0 Å². The first-order chi connectivity index (χ1) is 14.8. The number of likely N-dealkylation sites (tertiary alicyclic amines) is 1. The fourth-order valence-corrected chi connectivity index (χ4v) is 3.98. The minimum Gasteiger partial charge on any atom is -0.457 e. The zero-order valence-electron chi connectivity index (χ0n) is 16.5. The molecule has 6 heteroatoms. The van der Waals surface area contributed by atoms with Crippen LogP contribution in [0.5, 0.6) is 11.5 Å². The Balaban J connectivity index is 1.30. The Labute approximate surface area is 174 Å². The van der Waals surface area contributed by atoms with Crippen LogP contribution in [-0.2, 0) is 0 Å². The van der Waals surface area contributed by atoms with Crippen LogP contribution in [0.15, 0.2) is 79.0 Å². The van der Waals surface area contributed by atoms with Gasteiger partial charge in [-0.3, -0.25) is 9.20 Å². The van der Waals surface area contributed by atoms with Crippen LogP contribution in [0.3, 0.4) is 0 Å². The minimum absolute atomic E-state index is 0.0415. The summed E-state index contributed by atoms with van der Waals surface area (Å²) in [7, 11) is 0. The molecule has 3 heterocycles. The van der Waals surface area contributed by atoms with E-state index in [4.69, 9.17) is 4.74 Å². The van der Waals surface area contributed by atoms with Crippen molar-refractivity contribution >= 4 is 11.6 Å². The molecule has 0 aliphatic carbocycles. The molecular weight excluding hydrogens is 376 g/mol. The molecule has 4 aromatic rings. The number of amides is 1. The van der Waals surface area contributed by atoms with E-state index in [1.54, 1.807) is 0 Å². The number of nitrogens with zero attached hydrogens (tertiary/aromatic N) is 4. The van der Waals surface area contributed by atoms with E-state index in [-0.39, 0.29) is 11.8 Å². The molecule has 2 aromatic heterocycles. The van der Waals surface area contributed by atoms with Gasteiger partial charge in [0, 0.05) is 30.8 Å². The molecule has 1 saturated heterocycles. The lowest BCUT2D eigenvalue weighted by atomic mass is 9.96. The number of hydrogen-bond acceptors (Lipinski definition) is 4. The van der Waals surface area contributed by atoms with Gasteiger partial charge in [-0.2, -0.15) is 0 Å². The molecule has 30 heavy (non-hydrogen) atoms. The highest BCUT2D eigenvalue weighted by molar-refractivity contribution is 5.94. The van der Waals surface area contributed by atoms with E-state index in [0.29, 0.717) is 17.9 Å². The molecule has 1 atom stereocenters. The maximum absolute atomic E-state index is 13.1. The number of benzene rings is 2. The monoisotopic (exact) mass is 398 g/mol. The Morgan fingerprint density at radius 3 is 2.50 bits per heavy atom. The Bertz CT molecular complexity index is 1150. The number of aromatic nitrogens is 3. The normalized spacial score (nSPS) is 16.5. The van der Waals surface area contributed by atoms with Gasteiger partial charge in [0.1, 0.15) is 17.3 Å². The summed E-state index contributed by atoms with van der Waals surface area (Å²) in [6, 6.07) is 22.8. The average Bonchev–Trinajstić information content (AvgIpc) is 3.24. The Hall–Kier alpha value is -3.67. The van der Waals surface area contributed by atoms with Gasteiger partial charge in [0.05, 0.1) is 0 Å². The van der Waals surface area contributed by atoms with Gasteiger partial charge in [-0.1, -0.05) is 24.3 Å². The fraction of sp³-hybridized carbons (Fsp3) is 0.208. The van der Waals surface area contributed by atoms with Crippen molar-refractivity contribution in [2.24, 2.45) is 0 Å². The topological polar surface area (TPSA) is 59.7 Å². The summed E-state index contributed by atoms with van der Waals surface area (Å²) in [4.78, 5) is 15.0. The SMILES string of the molecule is O=C(c1ccc(Oc2ccccc2)cc1)N1CCCC(c2nnc3ccccn23)C1. The van der Waals surface area contributed by atoms with Gasteiger partial charge in [0.15, 0.2) is 5.65 Å². The predicted octanol–water partition coefficient (Wildman–Crippen LogP) is 4.54. The van der Waals surface area contributed by atoms with Gasteiger partial charge in [0.25, 0.3) is 5.91 Å². The summed E-state index contributed by atoms with van der Waals surface area (Å²) in [5.74, 6) is 2.63. The number of hydrogen-bond donors (Lipinski definition) is 0. The molecule has 2 aromatic carbocycles. The van der Waals surface area contributed by atoms with E-state index in [0.717, 1.165) is 36.6 Å². The number of para-hydroxylation sites is 1. The molecule has 0 bridgehead atoms. The number of ether oxygens (including phenoxy) is 1. The van der Waals surface area contributed by atoms with Crippen molar-refractivity contribution in [2.75, 3.05) is 13.1 Å². The fourth-order valence-electron chi connectivity index (χ4n) is 3.98. The number of pyridine rings is 1. The largest absolute Gasteiger partial charge is 0.457 e. The first kappa shape index (κ1) is 18.4. The zero-order chi connectivity index (χ0) is 20.3. The third-order valence-corrected chi connectivity index (χ3v) is 5.49. The summed E-state index contributed by atoms with van der Waals surface area (Å²) in [5, 5.41) is 8.66. The van der Waals surface area contributed by atoms with Crippen molar-refractivity contribution in [3.05, 3.63) is 90.4 Å².